The number of ether oxygens (including phenoxy) is 2. The van der Waals surface area contributed by atoms with Gasteiger partial charge in [-0.15, -0.1) is 0 Å². The van der Waals surface area contributed by atoms with Gasteiger partial charge in [-0.3, -0.25) is 9.59 Å². The summed E-state index contributed by atoms with van der Waals surface area (Å²) in [4.78, 5) is 23.7. The van der Waals surface area contributed by atoms with Crippen LogP contribution in [0.1, 0.15) is 112 Å². The number of carbonyl (C=O) groups excluding carboxylic acids is 2. The predicted octanol–water partition coefficient (Wildman–Crippen LogP) is 7.57. The van der Waals surface area contributed by atoms with Gasteiger partial charge in [0.15, 0.2) is 0 Å². The van der Waals surface area contributed by atoms with Gasteiger partial charge < -0.3 is 9.47 Å². The van der Waals surface area contributed by atoms with E-state index in [0.717, 1.165) is 31.6 Å². The fraction of sp³-hybridized carbons (Fsp3) is 0.812. The average Bonchev–Trinajstić information content (AvgIpc) is 3.19. The fourth-order valence-electron chi connectivity index (χ4n) is 9.71. The van der Waals surface area contributed by atoms with Crippen molar-refractivity contribution in [2.45, 2.75) is 124 Å². The van der Waals surface area contributed by atoms with Gasteiger partial charge in [0.25, 0.3) is 0 Å². The van der Waals surface area contributed by atoms with Crippen LogP contribution >= 0.6 is 0 Å². The molecule has 8 atom stereocenters. The quantitative estimate of drug-likeness (QED) is 0.291. The molecule has 4 heteroatoms. The number of carbonyl (C=O) groups is 2. The van der Waals surface area contributed by atoms with Crippen LogP contribution < -0.4 is 0 Å². The summed E-state index contributed by atoms with van der Waals surface area (Å²) < 4.78 is 11.7. The Balaban J connectivity index is 1.35. The van der Waals surface area contributed by atoms with Crippen molar-refractivity contribution in [3.63, 3.8) is 0 Å². The summed E-state index contributed by atoms with van der Waals surface area (Å²) in [5.41, 5.74) is 3.60. The molecule has 0 spiro atoms. The average molecular weight is 497 g/mol. The Morgan fingerprint density at radius 3 is 2.31 bits per heavy atom. The second-order valence-corrected chi connectivity index (χ2v) is 13.3. The van der Waals surface area contributed by atoms with Crippen LogP contribution in [0.15, 0.2) is 23.3 Å². The lowest BCUT2D eigenvalue weighted by Crippen LogP contribution is -2.51. The van der Waals surface area contributed by atoms with Gasteiger partial charge in [-0.1, -0.05) is 63.3 Å². The molecule has 0 radical (unpaired) electrons. The number of hydrogen-bond donors (Lipinski definition) is 0. The Labute approximate surface area is 218 Å². The minimum absolute atomic E-state index is 0.0225. The summed E-state index contributed by atoms with van der Waals surface area (Å²) in [6, 6.07) is 0. The van der Waals surface area contributed by atoms with E-state index >= 15 is 0 Å². The third-order valence-corrected chi connectivity index (χ3v) is 11.4. The Hall–Kier alpha value is -1.58. The Bertz CT molecular complexity index is 926. The fourth-order valence-corrected chi connectivity index (χ4v) is 9.71. The minimum atomic E-state index is -0.148. The molecule has 0 N–H and O–H groups in total. The molecule has 0 aromatic carbocycles. The third kappa shape index (κ3) is 4.49. The predicted molar refractivity (Wildman–Crippen MR) is 142 cm³/mol. The molecule has 0 aromatic rings. The molecule has 0 saturated heterocycles. The van der Waals surface area contributed by atoms with Crippen LogP contribution in [-0.4, -0.2) is 24.1 Å². The van der Waals surface area contributed by atoms with Gasteiger partial charge in [-0.2, -0.15) is 0 Å². The van der Waals surface area contributed by atoms with Gasteiger partial charge in [0.2, 0.25) is 0 Å². The zero-order valence-electron chi connectivity index (χ0n) is 23.3. The highest BCUT2D eigenvalue weighted by Gasteiger charge is 2.58. The van der Waals surface area contributed by atoms with Gasteiger partial charge in [-0.05, 0) is 85.9 Å². The number of hydrogen-bond acceptors (Lipinski definition) is 4. The monoisotopic (exact) mass is 496 g/mol. The lowest BCUT2D eigenvalue weighted by Gasteiger charge is -2.58. The summed E-state index contributed by atoms with van der Waals surface area (Å²) >= 11 is 0. The molecule has 0 aromatic heterocycles. The molecular formula is C32H48O4. The lowest BCUT2D eigenvalue weighted by atomic mass is 9.47. The van der Waals surface area contributed by atoms with Crippen molar-refractivity contribution >= 4 is 11.9 Å². The molecule has 5 aliphatic carbocycles. The summed E-state index contributed by atoms with van der Waals surface area (Å²) in [6.07, 6.45) is 19.3. The maximum atomic E-state index is 12.1. The van der Waals surface area contributed by atoms with Crippen LogP contribution in [0.25, 0.3) is 0 Å². The van der Waals surface area contributed by atoms with Crippen molar-refractivity contribution in [1.82, 2.24) is 0 Å². The molecule has 4 nitrogen and oxygen atoms in total. The smallest absolute Gasteiger partial charge is 0.302 e. The Kier molecular flexibility index (Phi) is 7.20. The van der Waals surface area contributed by atoms with Crippen LogP contribution in [0.3, 0.4) is 0 Å². The lowest BCUT2D eigenvalue weighted by molar-refractivity contribution is -0.152. The van der Waals surface area contributed by atoms with E-state index in [0.29, 0.717) is 23.7 Å². The van der Waals surface area contributed by atoms with Crippen molar-refractivity contribution in [3.05, 3.63) is 23.3 Å². The normalized spacial score (nSPS) is 40.0. The van der Waals surface area contributed by atoms with Gasteiger partial charge in [0.05, 0.1) is 0 Å². The van der Waals surface area contributed by atoms with Crippen molar-refractivity contribution in [2.24, 2.45) is 40.4 Å². The molecule has 0 heterocycles. The Morgan fingerprint density at radius 2 is 1.61 bits per heavy atom. The van der Waals surface area contributed by atoms with Crippen LogP contribution in [0.4, 0.5) is 0 Å². The largest absolute Gasteiger partial charge is 0.462 e. The number of fused-ring (bicyclic) bond motifs is 5. The summed E-state index contributed by atoms with van der Waals surface area (Å²) in [7, 11) is 0. The highest BCUT2D eigenvalue weighted by Crippen LogP contribution is 2.66. The molecule has 5 rings (SSSR count). The van der Waals surface area contributed by atoms with Crippen LogP contribution in [-0.2, 0) is 19.1 Å². The molecule has 5 aliphatic rings. The summed E-state index contributed by atoms with van der Waals surface area (Å²) in [6.45, 7) is 10.5. The third-order valence-electron chi connectivity index (χ3n) is 11.4. The van der Waals surface area contributed by atoms with E-state index in [4.69, 9.17) is 9.47 Å². The first-order valence-corrected chi connectivity index (χ1v) is 14.9. The van der Waals surface area contributed by atoms with Crippen LogP contribution in [0.2, 0.25) is 0 Å². The van der Waals surface area contributed by atoms with Gasteiger partial charge >= 0.3 is 11.9 Å². The first kappa shape index (κ1) is 26.0. The zero-order valence-corrected chi connectivity index (χ0v) is 23.3. The maximum Gasteiger partial charge on any atom is 0.302 e. The van der Waals surface area contributed by atoms with Crippen molar-refractivity contribution < 1.29 is 19.1 Å². The molecule has 36 heavy (non-hydrogen) atoms. The van der Waals surface area contributed by atoms with E-state index in [1.54, 1.807) is 18.1 Å². The van der Waals surface area contributed by atoms with Crippen LogP contribution in [0, 0.1) is 40.4 Å². The van der Waals surface area contributed by atoms with Crippen molar-refractivity contribution in [1.29, 1.82) is 0 Å². The highest BCUT2D eigenvalue weighted by atomic mass is 16.5. The molecule has 0 aliphatic heterocycles. The molecule has 3 saturated carbocycles. The van der Waals surface area contributed by atoms with E-state index in [2.05, 4.69) is 32.9 Å². The second-order valence-electron chi connectivity index (χ2n) is 13.3. The summed E-state index contributed by atoms with van der Waals surface area (Å²) in [5.74, 6) is 2.65. The molecule has 0 bridgehead atoms. The van der Waals surface area contributed by atoms with Crippen molar-refractivity contribution in [3.8, 4) is 0 Å². The van der Waals surface area contributed by atoms with Crippen molar-refractivity contribution in [2.75, 3.05) is 0 Å². The SMILES string of the molecule is CC(=O)O[C@H]1CC[C@@]2(C)C(=CC[C@@H]3[C@@H]2CC[C@]2(C)C([C@H](C)[C@H](OC(C)=O)C4CCCCC4)=CC[C@@H]32)C1. The molecule has 200 valence electrons. The standard InChI is InChI=1S/C32H48O4/c1-20(30(36-22(3)34)23-9-7-6-8-10-23)27-13-14-28-26-12-11-24-19-25(35-21(2)33)15-17-31(24,4)29(26)16-18-32(27,28)5/h11,13,20,23,25-26,28-30H,6-10,12,14-19H2,1-5H3/t20-,25-,26-,28-,29-,30-,31-,32+/m0/s1. The first-order chi connectivity index (χ1) is 17.1. The number of rotatable bonds is 5. The molecule has 3 fully saturated rings. The van der Waals surface area contributed by atoms with Gasteiger partial charge in [-0.25, -0.2) is 0 Å². The first-order valence-electron chi connectivity index (χ1n) is 14.9. The molecule has 0 amide bonds. The molecule has 0 unspecified atom stereocenters. The number of allylic oxidation sites excluding steroid dienone is 2. The highest BCUT2D eigenvalue weighted by molar-refractivity contribution is 5.66. The van der Waals surface area contributed by atoms with E-state index in [-0.39, 0.29) is 35.0 Å². The van der Waals surface area contributed by atoms with E-state index in [9.17, 15) is 9.59 Å². The minimum Gasteiger partial charge on any atom is -0.462 e. The van der Waals surface area contributed by atoms with E-state index in [1.807, 2.05) is 0 Å². The van der Waals surface area contributed by atoms with E-state index in [1.165, 1.54) is 58.3 Å². The number of esters is 2. The Morgan fingerprint density at radius 1 is 0.889 bits per heavy atom. The molecular weight excluding hydrogens is 448 g/mol. The van der Waals surface area contributed by atoms with Crippen LogP contribution in [0.5, 0.6) is 0 Å². The zero-order chi connectivity index (χ0) is 25.7. The summed E-state index contributed by atoms with van der Waals surface area (Å²) in [5, 5.41) is 0. The van der Waals surface area contributed by atoms with E-state index < -0.39 is 0 Å². The van der Waals surface area contributed by atoms with Gasteiger partial charge in [0.1, 0.15) is 12.2 Å². The second kappa shape index (κ2) is 9.95. The van der Waals surface area contributed by atoms with Gasteiger partial charge in [0, 0.05) is 26.2 Å². The topological polar surface area (TPSA) is 52.6 Å². The maximum absolute atomic E-state index is 12.1.